The fourth-order valence-corrected chi connectivity index (χ4v) is 2.68. The van der Waals surface area contributed by atoms with Gasteiger partial charge >= 0.3 is 0 Å². The van der Waals surface area contributed by atoms with Gasteiger partial charge in [-0.2, -0.15) is 0 Å². The van der Waals surface area contributed by atoms with Gasteiger partial charge in [0.2, 0.25) is 5.91 Å². The van der Waals surface area contributed by atoms with Gasteiger partial charge in [-0.15, -0.1) is 24.8 Å². The fourth-order valence-electron chi connectivity index (χ4n) is 2.68. The number of carbonyl (C=O) groups is 2. The monoisotopic (exact) mass is 394 g/mol. The smallest absolute Gasteiger partial charge is 0.257 e. The van der Waals surface area contributed by atoms with Crippen LogP contribution in [0.5, 0.6) is 0 Å². The molecule has 144 valence electrons. The van der Waals surface area contributed by atoms with Crippen molar-refractivity contribution in [2.75, 3.05) is 45.8 Å². The third-order valence-corrected chi connectivity index (χ3v) is 4.27. The topological polar surface area (TPSA) is 83.0 Å². The van der Waals surface area contributed by atoms with Crippen LogP contribution in [-0.4, -0.2) is 72.3 Å². The maximum Gasteiger partial charge on any atom is 0.257 e. The Labute approximate surface area is 161 Å². The summed E-state index contributed by atoms with van der Waals surface area (Å²) in [5.41, 5.74) is 6.01. The number of amides is 2. The predicted molar refractivity (Wildman–Crippen MR) is 101 cm³/mol. The molecule has 0 saturated carbocycles. The molecule has 0 aliphatic carbocycles. The largest absolute Gasteiger partial charge is 0.467 e. The molecule has 1 fully saturated rings. The van der Waals surface area contributed by atoms with E-state index in [1.165, 1.54) is 6.26 Å². The second-order valence-electron chi connectivity index (χ2n) is 5.64. The SMILES string of the molecule is CCN(CC)CC(=O)N1CCN(C(=O)c2coc(CN)c2)CC1.Cl.Cl. The van der Waals surface area contributed by atoms with Gasteiger partial charge < -0.3 is 20.0 Å². The van der Waals surface area contributed by atoms with Gasteiger partial charge in [0.1, 0.15) is 12.0 Å². The van der Waals surface area contributed by atoms with Crippen LogP contribution in [0.15, 0.2) is 16.7 Å². The van der Waals surface area contributed by atoms with Gasteiger partial charge in [0, 0.05) is 26.2 Å². The minimum atomic E-state index is -0.0655. The Morgan fingerprint density at radius 1 is 1.12 bits per heavy atom. The van der Waals surface area contributed by atoms with Crippen LogP contribution in [0.1, 0.15) is 30.0 Å². The minimum absolute atomic E-state index is 0. The summed E-state index contributed by atoms with van der Waals surface area (Å²) in [4.78, 5) is 30.3. The van der Waals surface area contributed by atoms with Crippen molar-refractivity contribution in [2.24, 2.45) is 5.73 Å². The summed E-state index contributed by atoms with van der Waals surface area (Å²) >= 11 is 0. The van der Waals surface area contributed by atoms with Gasteiger partial charge in [-0.25, -0.2) is 0 Å². The molecule has 2 heterocycles. The number of carbonyl (C=O) groups excluding carboxylic acids is 2. The average molecular weight is 395 g/mol. The second-order valence-corrected chi connectivity index (χ2v) is 5.64. The lowest BCUT2D eigenvalue weighted by molar-refractivity contribution is -0.133. The molecule has 0 radical (unpaired) electrons. The Hall–Kier alpha value is -1.28. The summed E-state index contributed by atoms with van der Waals surface area (Å²) in [6.45, 7) is 8.80. The molecule has 0 atom stereocenters. The van der Waals surface area contributed by atoms with E-state index >= 15 is 0 Å². The normalized spacial score (nSPS) is 14.1. The lowest BCUT2D eigenvalue weighted by atomic mass is 10.2. The molecule has 2 rings (SSSR count). The first-order valence-electron chi connectivity index (χ1n) is 8.15. The number of hydrogen-bond acceptors (Lipinski definition) is 5. The van der Waals surface area contributed by atoms with Gasteiger partial charge in [0.05, 0.1) is 18.7 Å². The molecule has 9 heteroatoms. The number of furan rings is 1. The molecule has 1 aromatic rings. The number of halogens is 2. The van der Waals surface area contributed by atoms with Crippen LogP contribution in [0.3, 0.4) is 0 Å². The zero-order chi connectivity index (χ0) is 16.8. The maximum absolute atomic E-state index is 12.4. The van der Waals surface area contributed by atoms with E-state index in [2.05, 4.69) is 4.90 Å². The summed E-state index contributed by atoms with van der Waals surface area (Å²) in [5, 5.41) is 0. The zero-order valence-electron chi connectivity index (χ0n) is 14.8. The van der Waals surface area contributed by atoms with Crippen LogP contribution >= 0.6 is 24.8 Å². The van der Waals surface area contributed by atoms with E-state index in [-0.39, 0.29) is 43.2 Å². The first kappa shape index (κ1) is 23.7. The summed E-state index contributed by atoms with van der Waals surface area (Å²) in [6, 6.07) is 1.68. The highest BCUT2D eigenvalue weighted by atomic mass is 35.5. The third kappa shape index (κ3) is 6.18. The number of nitrogens with two attached hydrogens (primary N) is 1. The summed E-state index contributed by atoms with van der Waals surface area (Å²) in [5.74, 6) is 0.667. The molecule has 1 aromatic heterocycles. The van der Waals surface area contributed by atoms with Crippen molar-refractivity contribution in [2.45, 2.75) is 20.4 Å². The fraction of sp³-hybridized carbons (Fsp3) is 0.625. The summed E-state index contributed by atoms with van der Waals surface area (Å²) < 4.78 is 5.21. The van der Waals surface area contributed by atoms with E-state index in [0.29, 0.717) is 44.0 Å². The second kappa shape index (κ2) is 11.4. The van der Waals surface area contributed by atoms with Crippen molar-refractivity contribution in [3.63, 3.8) is 0 Å². The van der Waals surface area contributed by atoms with Gasteiger partial charge in [-0.05, 0) is 19.2 Å². The highest BCUT2D eigenvalue weighted by molar-refractivity contribution is 5.94. The molecular weight excluding hydrogens is 367 g/mol. The highest BCUT2D eigenvalue weighted by Gasteiger charge is 2.26. The Morgan fingerprint density at radius 3 is 2.16 bits per heavy atom. The number of nitrogens with zero attached hydrogens (tertiary/aromatic N) is 3. The Morgan fingerprint density at radius 2 is 1.68 bits per heavy atom. The van der Waals surface area contributed by atoms with Gasteiger partial charge in [0.15, 0.2) is 0 Å². The number of rotatable bonds is 6. The van der Waals surface area contributed by atoms with Gasteiger partial charge in [-0.1, -0.05) is 13.8 Å². The molecule has 2 N–H and O–H groups in total. The van der Waals surface area contributed by atoms with Crippen molar-refractivity contribution < 1.29 is 14.0 Å². The molecule has 1 aliphatic rings. The van der Waals surface area contributed by atoms with Crippen molar-refractivity contribution in [1.82, 2.24) is 14.7 Å². The van der Waals surface area contributed by atoms with Crippen LogP contribution in [0.25, 0.3) is 0 Å². The van der Waals surface area contributed by atoms with E-state index in [4.69, 9.17) is 10.2 Å². The number of hydrogen-bond donors (Lipinski definition) is 1. The molecule has 1 aliphatic heterocycles. The molecule has 25 heavy (non-hydrogen) atoms. The Balaban J connectivity index is 0.00000288. The van der Waals surface area contributed by atoms with E-state index < -0.39 is 0 Å². The van der Waals surface area contributed by atoms with E-state index in [1.807, 2.05) is 18.7 Å². The predicted octanol–water partition coefficient (Wildman–Crippen LogP) is 1.21. The first-order chi connectivity index (χ1) is 11.1. The third-order valence-electron chi connectivity index (χ3n) is 4.27. The molecule has 0 bridgehead atoms. The molecule has 1 saturated heterocycles. The van der Waals surface area contributed by atoms with E-state index in [9.17, 15) is 9.59 Å². The zero-order valence-corrected chi connectivity index (χ0v) is 16.4. The Bertz CT molecular complexity index is 541. The number of likely N-dealkylation sites (N-methyl/N-ethyl adjacent to an activating group) is 1. The van der Waals surface area contributed by atoms with Gasteiger partial charge in [-0.3, -0.25) is 14.5 Å². The van der Waals surface area contributed by atoms with Crippen molar-refractivity contribution in [3.05, 3.63) is 23.7 Å². The van der Waals surface area contributed by atoms with Gasteiger partial charge in [0.25, 0.3) is 5.91 Å². The van der Waals surface area contributed by atoms with Crippen LogP contribution < -0.4 is 5.73 Å². The lowest BCUT2D eigenvalue weighted by Crippen LogP contribution is -2.52. The van der Waals surface area contributed by atoms with Crippen LogP contribution in [0.4, 0.5) is 0 Å². The first-order valence-corrected chi connectivity index (χ1v) is 8.15. The summed E-state index contributed by atoms with van der Waals surface area (Å²) in [6.07, 6.45) is 1.45. The molecular formula is C16H28Cl2N4O3. The highest BCUT2D eigenvalue weighted by Crippen LogP contribution is 2.12. The molecule has 7 nitrogen and oxygen atoms in total. The molecule has 0 unspecified atom stereocenters. The maximum atomic E-state index is 12.4. The molecule has 2 amide bonds. The quantitative estimate of drug-likeness (QED) is 0.783. The van der Waals surface area contributed by atoms with E-state index in [1.54, 1.807) is 11.0 Å². The lowest BCUT2D eigenvalue weighted by Gasteiger charge is -2.35. The Kier molecular flexibility index (Phi) is 10.8. The van der Waals surface area contributed by atoms with Crippen molar-refractivity contribution >= 4 is 36.6 Å². The minimum Gasteiger partial charge on any atom is -0.467 e. The summed E-state index contributed by atoms with van der Waals surface area (Å²) in [7, 11) is 0. The van der Waals surface area contributed by atoms with Crippen LogP contribution in [-0.2, 0) is 11.3 Å². The van der Waals surface area contributed by atoms with Crippen LogP contribution in [0.2, 0.25) is 0 Å². The standard InChI is InChI=1S/C16H26N4O3.2ClH/c1-3-18(4-2)11-15(21)19-5-7-20(8-6-19)16(22)13-9-14(10-17)23-12-13;;/h9,12H,3-8,10-11,17H2,1-2H3;2*1H. The van der Waals surface area contributed by atoms with Crippen molar-refractivity contribution in [1.29, 1.82) is 0 Å². The molecule has 0 spiro atoms. The number of piperazine rings is 1. The molecule has 0 aromatic carbocycles. The van der Waals surface area contributed by atoms with Crippen LogP contribution in [0, 0.1) is 0 Å². The van der Waals surface area contributed by atoms with Crippen molar-refractivity contribution in [3.8, 4) is 0 Å². The van der Waals surface area contributed by atoms with E-state index in [0.717, 1.165) is 13.1 Å². The average Bonchev–Trinajstić information content (AvgIpc) is 3.08.